The van der Waals surface area contributed by atoms with Crippen LogP contribution in [-0.4, -0.2) is 10.2 Å². The van der Waals surface area contributed by atoms with Gasteiger partial charge in [0.15, 0.2) is 0 Å². The van der Waals surface area contributed by atoms with Crippen LogP contribution in [0, 0.1) is 0 Å². The summed E-state index contributed by atoms with van der Waals surface area (Å²) in [6, 6.07) is 21.1. The molecule has 0 fully saturated rings. The highest BCUT2D eigenvalue weighted by Gasteiger charge is 2.25. The summed E-state index contributed by atoms with van der Waals surface area (Å²) in [6.45, 7) is 2.08. The maximum absolute atomic E-state index is 9.76. The quantitative estimate of drug-likeness (QED) is 0.276. The summed E-state index contributed by atoms with van der Waals surface area (Å²) in [5.74, 6) is 0.215. The second-order valence-corrected chi connectivity index (χ2v) is 9.45. The van der Waals surface area contributed by atoms with Crippen LogP contribution in [0.2, 0.25) is 20.1 Å². The third kappa shape index (κ3) is 4.95. The zero-order valence-corrected chi connectivity index (χ0v) is 20.6. The lowest BCUT2D eigenvalue weighted by Gasteiger charge is -2.25. The Labute approximate surface area is 212 Å². The molecule has 0 aliphatic carbocycles. The van der Waals surface area contributed by atoms with E-state index in [-0.39, 0.29) is 17.4 Å². The first kappa shape index (κ1) is 23.8. The van der Waals surface area contributed by atoms with Crippen LogP contribution in [0.4, 0.5) is 0 Å². The van der Waals surface area contributed by atoms with Crippen molar-refractivity contribution in [3.63, 3.8) is 0 Å². The summed E-state index contributed by atoms with van der Waals surface area (Å²) in [5.41, 5.74) is 5.25. The van der Waals surface area contributed by atoms with E-state index in [1.54, 1.807) is 36.4 Å². The average molecular weight is 518 g/mol. The van der Waals surface area contributed by atoms with E-state index in [2.05, 4.69) is 6.92 Å². The van der Waals surface area contributed by atoms with Crippen LogP contribution in [0.15, 0.2) is 72.8 Å². The van der Waals surface area contributed by atoms with E-state index in [1.165, 1.54) is 0 Å². The summed E-state index contributed by atoms with van der Waals surface area (Å²) in [6.07, 6.45) is 0.726. The molecular formula is C27H20Cl4O2. The second kappa shape index (κ2) is 9.87. The second-order valence-electron chi connectivity index (χ2n) is 7.76. The molecule has 6 heteroatoms. The molecule has 0 amide bonds. The van der Waals surface area contributed by atoms with Crippen LogP contribution in [0.25, 0.3) is 22.3 Å². The predicted octanol–water partition coefficient (Wildman–Crippen LogP) is 9.59. The molecule has 0 saturated carbocycles. The lowest BCUT2D eigenvalue weighted by Crippen LogP contribution is -2.05. The maximum atomic E-state index is 9.76. The molecule has 2 nitrogen and oxygen atoms in total. The van der Waals surface area contributed by atoms with Crippen molar-refractivity contribution in [2.45, 2.75) is 19.3 Å². The highest BCUT2D eigenvalue weighted by atomic mass is 35.5. The number of benzene rings is 4. The molecule has 2 N–H and O–H groups in total. The Morgan fingerprint density at radius 2 is 0.970 bits per heavy atom. The third-order valence-electron chi connectivity index (χ3n) is 5.64. The maximum Gasteiger partial charge on any atom is 0.115 e. The van der Waals surface area contributed by atoms with E-state index in [9.17, 15) is 10.2 Å². The molecule has 0 aliphatic heterocycles. The minimum absolute atomic E-state index is 0.134. The van der Waals surface area contributed by atoms with Gasteiger partial charge in [-0.2, -0.15) is 0 Å². The highest BCUT2D eigenvalue weighted by molar-refractivity contribution is 6.37. The normalized spacial score (nSPS) is 11.2. The molecule has 4 rings (SSSR count). The molecule has 4 aromatic carbocycles. The SMILES string of the molecule is CCC(c1cc(Cl)cc(Cl)c1-c1ccc(O)cc1)c1cc(Cl)cc(Cl)c1-c1ccc(O)cc1. The fourth-order valence-corrected chi connectivity index (χ4v) is 5.45. The smallest absolute Gasteiger partial charge is 0.115 e. The molecule has 0 radical (unpaired) electrons. The van der Waals surface area contributed by atoms with Crippen LogP contribution in [0.3, 0.4) is 0 Å². The van der Waals surface area contributed by atoms with E-state index in [4.69, 9.17) is 46.4 Å². The first-order chi connectivity index (χ1) is 15.8. The third-order valence-corrected chi connectivity index (χ3v) is 6.67. The minimum Gasteiger partial charge on any atom is -0.508 e. The standard InChI is InChI=1S/C27H20Cl4O2/c1-2-21(22-11-17(28)13-24(30)26(22)15-3-7-19(32)8-4-15)23-12-18(29)14-25(31)27(23)16-5-9-20(33)10-6-16/h3-14,21,32-33H,2H2,1H3. The highest BCUT2D eigenvalue weighted by Crippen LogP contribution is 2.46. The van der Waals surface area contributed by atoms with Gasteiger partial charge in [-0.3, -0.25) is 0 Å². The first-order valence-electron chi connectivity index (χ1n) is 10.3. The number of phenols is 2. The van der Waals surface area contributed by atoms with Gasteiger partial charge in [0.25, 0.3) is 0 Å². The number of phenolic OH excluding ortho intramolecular Hbond substituents is 2. The van der Waals surface area contributed by atoms with Gasteiger partial charge in [0, 0.05) is 27.1 Å². The van der Waals surface area contributed by atoms with Crippen LogP contribution in [0.5, 0.6) is 11.5 Å². The molecule has 0 aliphatic rings. The van der Waals surface area contributed by atoms with E-state index in [0.717, 1.165) is 39.8 Å². The van der Waals surface area contributed by atoms with Crippen LogP contribution in [0.1, 0.15) is 30.4 Å². The Balaban J connectivity index is 1.99. The van der Waals surface area contributed by atoms with Gasteiger partial charge < -0.3 is 10.2 Å². The van der Waals surface area contributed by atoms with Crippen molar-refractivity contribution in [1.82, 2.24) is 0 Å². The molecule has 0 atom stereocenters. The summed E-state index contributed by atoms with van der Waals surface area (Å²) < 4.78 is 0. The van der Waals surface area contributed by atoms with Crippen molar-refractivity contribution < 1.29 is 10.2 Å². The topological polar surface area (TPSA) is 40.5 Å². The van der Waals surface area contributed by atoms with E-state index >= 15 is 0 Å². The monoisotopic (exact) mass is 516 g/mol. The molecule has 4 aromatic rings. The number of halogens is 4. The molecule has 33 heavy (non-hydrogen) atoms. The van der Waals surface area contributed by atoms with Gasteiger partial charge in [0.1, 0.15) is 11.5 Å². The summed E-state index contributed by atoms with van der Waals surface area (Å²) in [7, 11) is 0. The van der Waals surface area contributed by atoms with Crippen molar-refractivity contribution >= 4 is 46.4 Å². The molecule has 0 unspecified atom stereocenters. The average Bonchev–Trinajstić information content (AvgIpc) is 2.76. The van der Waals surface area contributed by atoms with Crippen molar-refractivity contribution in [1.29, 1.82) is 0 Å². The van der Waals surface area contributed by atoms with Crippen LogP contribution < -0.4 is 0 Å². The Morgan fingerprint density at radius 1 is 0.606 bits per heavy atom. The van der Waals surface area contributed by atoms with Gasteiger partial charge in [-0.05, 0) is 77.2 Å². The molecule has 0 aromatic heterocycles. The number of aromatic hydroxyl groups is 2. The number of rotatable bonds is 5. The Bertz CT molecular complexity index is 1200. The van der Waals surface area contributed by atoms with Gasteiger partial charge in [-0.25, -0.2) is 0 Å². The zero-order valence-electron chi connectivity index (χ0n) is 17.6. The summed E-state index contributed by atoms with van der Waals surface area (Å²) in [4.78, 5) is 0. The van der Waals surface area contributed by atoms with Gasteiger partial charge in [-0.1, -0.05) is 77.6 Å². The summed E-state index contributed by atoms with van der Waals surface area (Å²) in [5, 5.41) is 21.6. The Morgan fingerprint density at radius 3 is 1.30 bits per heavy atom. The van der Waals surface area contributed by atoms with Crippen molar-refractivity contribution in [2.24, 2.45) is 0 Å². The fraction of sp³-hybridized carbons (Fsp3) is 0.111. The fourth-order valence-electron chi connectivity index (χ4n) is 4.21. The van der Waals surface area contributed by atoms with Gasteiger partial charge >= 0.3 is 0 Å². The van der Waals surface area contributed by atoms with Crippen molar-refractivity contribution in [3.8, 4) is 33.8 Å². The molecule has 168 valence electrons. The first-order valence-corrected chi connectivity index (χ1v) is 11.9. The molecule has 0 spiro atoms. The van der Waals surface area contributed by atoms with Crippen molar-refractivity contribution in [3.05, 3.63) is 104 Å². The lowest BCUT2D eigenvalue weighted by atomic mass is 9.81. The van der Waals surface area contributed by atoms with Gasteiger partial charge in [0.2, 0.25) is 0 Å². The van der Waals surface area contributed by atoms with E-state index in [1.807, 2.05) is 36.4 Å². The molecule has 0 bridgehead atoms. The zero-order chi connectivity index (χ0) is 23.7. The molecule has 0 saturated heterocycles. The van der Waals surface area contributed by atoms with E-state index in [0.29, 0.717) is 20.1 Å². The lowest BCUT2D eigenvalue weighted by molar-refractivity contribution is 0.475. The summed E-state index contributed by atoms with van der Waals surface area (Å²) >= 11 is 26.3. The van der Waals surface area contributed by atoms with Crippen LogP contribution >= 0.6 is 46.4 Å². The van der Waals surface area contributed by atoms with E-state index < -0.39 is 0 Å². The molecule has 0 heterocycles. The van der Waals surface area contributed by atoms with Gasteiger partial charge in [0.05, 0.1) is 10.0 Å². The number of hydrogen-bond acceptors (Lipinski definition) is 2. The largest absolute Gasteiger partial charge is 0.508 e. The minimum atomic E-state index is -0.134. The Kier molecular flexibility index (Phi) is 7.11. The van der Waals surface area contributed by atoms with Gasteiger partial charge in [-0.15, -0.1) is 0 Å². The number of hydrogen-bond donors (Lipinski definition) is 2. The van der Waals surface area contributed by atoms with Crippen molar-refractivity contribution in [2.75, 3.05) is 0 Å². The Hall–Kier alpha value is -2.36. The molecular weight excluding hydrogens is 498 g/mol. The van der Waals surface area contributed by atoms with Crippen LogP contribution in [-0.2, 0) is 0 Å². The predicted molar refractivity (Wildman–Crippen MR) is 139 cm³/mol.